The largest absolute Gasteiger partial charge is 0.437 e. The molecule has 0 amide bonds. The molecule has 18 heavy (non-hydrogen) atoms. The molecule has 0 aromatic carbocycles. The molecule has 0 saturated heterocycles. The monoisotopic (exact) mass is 242 g/mol. The van der Waals surface area contributed by atoms with Gasteiger partial charge in [-0.1, -0.05) is 0 Å². The number of pyridine rings is 2. The number of aryl methyl sites for hydroxylation is 2. The smallest absolute Gasteiger partial charge is 0.220 e. The van der Waals surface area contributed by atoms with E-state index in [1.165, 1.54) is 0 Å². The van der Waals surface area contributed by atoms with Gasteiger partial charge in [-0.05, 0) is 32.0 Å². The Bertz CT molecular complexity index is 578. The van der Waals surface area contributed by atoms with Gasteiger partial charge in [0.05, 0.1) is 6.20 Å². The molecule has 3 N–H and O–H groups in total. The lowest BCUT2D eigenvalue weighted by atomic mass is 10.2. The van der Waals surface area contributed by atoms with Crippen LogP contribution in [-0.4, -0.2) is 15.8 Å². The summed E-state index contributed by atoms with van der Waals surface area (Å²) in [6.07, 6.45) is 1.63. The molecule has 5 heteroatoms. The molecule has 0 atom stereocenters. The summed E-state index contributed by atoms with van der Waals surface area (Å²) in [5.74, 6) is 1.01. The number of amidine groups is 1. The number of hydrogen-bond donors (Lipinski definition) is 2. The Morgan fingerprint density at radius 3 is 2.61 bits per heavy atom. The molecule has 0 bridgehead atoms. The first-order valence-corrected chi connectivity index (χ1v) is 5.48. The predicted octanol–water partition coefficient (Wildman–Crippen LogP) is 2.17. The number of hydrogen-bond acceptors (Lipinski definition) is 4. The molecule has 0 radical (unpaired) electrons. The fourth-order valence-electron chi connectivity index (χ4n) is 1.48. The SMILES string of the molecule is Cc1ccc(Oc2cc(C(=N)N)cc(C)n2)cn1. The summed E-state index contributed by atoms with van der Waals surface area (Å²) in [6, 6.07) is 7.05. The zero-order valence-electron chi connectivity index (χ0n) is 10.3. The fraction of sp³-hybridized carbons (Fsp3) is 0.154. The summed E-state index contributed by atoms with van der Waals surface area (Å²) >= 11 is 0. The minimum atomic E-state index is -0.00705. The highest BCUT2D eigenvalue weighted by molar-refractivity contribution is 5.95. The summed E-state index contributed by atoms with van der Waals surface area (Å²) in [7, 11) is 0. The topological polar surface area (TPSA) is 84.9 Å². The number of nitrogens with two attached hydrogens (primary N) is 1. The summed E-state index contributed by atoms with van der Waals surface area (Å²) in [6.45, 7) is 3.73. The highest BCUT2D eigenvalue weighted by atomic mass is 16.5. The Kier molecular flexibility index (Phi) is 3.23. The zero-order valence-corrected chi connectivity index (χ0v) is 10.3. The minimum absolute atomic E-state index is 0.00705. The fourth-order valence-corrected chi connectivity index (χ4v) is 1.48. The number of nitrogen functional groups attached to an aromatic ring is 1. The van der Waals surface area contributed by atoms with Gasteiger partial charge in [0.15, 0.2) is 0 Å². The van der Waals surface area contributed by atoms with Crippen molar-refractivity contribution < 1.29 is 4.74 Å². The van der Waals surface area contributed by atoms with Crippen molar-refractivity contribution in [2.75, 3.05) is 0 Å². The molecule has 2 heterocycles. The molecule has 0 aliphatic rings. The van der Waals surface area contributed by atoms with E-state index < -0.39 is 0 Å². The molecule has 0 aliphatic carbocycles. The third-order valence-electron chi connectivity index (χ3n) is 2.35. The first kappa shape index (κ1) is 12.0. The van der Waals surface area contributed by atoms with Crippen LogP contribution in [-0.2, 0) is 0 Å². The van der Waals surface area contributed by atoms with Crippen molar-refractivity contribution in [3.8, 4) is 11.6 Å². The summed E-state index contributed by atoms with van der Waals surface area (Å²) in [5, 5.41) is 7.42. The highest BCUT2D eigenvalue weighted by Crippen LogP contribution is 2.20. The number of nitrogens with zero attached hydrogens (tertiary/aromatic N) is 2. The number of rotatable bonds is 3. The van der Waals surface area contributed by atoms with Crippen molar-refractivity contribution in [1.29, 1.82) is 5.41 Å². The van der Waals surface area contributed by atoms with Gasteiger partial charge in [0.2, 0.25) is 5.88 Å². The lowest BCUT2D eigenvalue weighted by Crippen LogP contribution is -2.11. The van der Waals surface area contributed by atoms with Crippen LogP contribution in [0.15, 0.2) is 30.5 Å². The molecule has 0 aliphatic heterocycles. The number of nitrogens with one attached hydrogen (secondary N) is 1. The average Bonchev–Trinajstić information content (AvgIpc) is 2.31. The standard InChI is InChI=1S/C13H14N4O/c1-8-3-4-11(7-16-8)18-12-6-10(13(14)15)5-9(2)17-12/h3-7H,1-2H3,(H3,14,15). The van der Waals surface area contributed by atoms with Gasteiger partial charge in [-0.25, -0.2) is 4.98 Å². The Morgan fingerprint density at radius 1 is 1.22 bits per heavy atom. The molecule has 2 rings (SSSR count). The van der Waals surface area contributed by atoms with E-state index in [1.54, 1.807) is 18.3 Å². The summed E-state index contributed by atoms with van der Waals surface area (Å²) in [4.78, 5) is 8.37. The summed E-state index contributed by atoms with van der Waals surface area (Å²) < 4.78 is 5.58. The van der Waals surface area contributed by atoms with Gasteiger partial charge in [0.1, 0.15) is 11.6 Å². The van der Waals surface area contributed by atoms with Crippen molar-refractivity contribution in [3.63, 3.8) is 0 Å². The van der Waals surface area contributed by atoms with Gasteiger partial charge >= 0.3 is 0 Å². The molecule has 0 saturated carbocycles. The first-order valence-electron chi connectivity index (χ1n) is 5.48. The second-order valence-corrected chi connectivity index (χ2v) is 3.99. The zero-order chi connectivity index (χ0) is 13.1. The maximum Gasteiger partial charge on any atom is 0.220 e. The average molecular weight is 242 g/mol. The van der Waals surface area contributed by atoms with Crippen molar-refractivity contribution >= 4 is 5.84 Å². The van der Waals surface area contributed by atoms with E-state index in [0.717, 1.165) is 11.4 Å². The predicted molar refractivity (Wildman–Crippen MR) is 69.0 cm³/mol. The maximum atomic E-state index is 7.42. The van der Waals surface area contributed by atoms with E-state index in [4.69, 9.17) is 15.9 Å². The molecule has 2 aromatic heterocycles. The molecular weight excluding hydrogens is 228 g/mol. The van der Waals surface area contributed by atoms with E-state index in [-0.39, 0.29) is 5.84 Å². The minimum Gasteiger partial charge on any atom is -0.437 e. The summed E-state index contributed by atoms with van der Waals surface area (Å²) in [5.41, 5.74) is 7.72. The van der Waals surface area contributed by atoms with Gasteiger partial charge in [-0.2, -0.15) is 0 Å². The van der Waals surface area contributed by atoms with E-state index >= 15 is 0 Å². The van der Waals surface area contributed by atoms with Crippen LogP contribution in [0.3, 0.4) is 0 Å². The highest BCUT2D eigenvalue weighted by Gasteiger charge is 2.05. The van der Waals surface area contributed by atoms with Crippen LogP contribution in [0, 0.1) is 19.3 Å². The second-order valence-electron chi connectivity index (χ2n) is 3.99. The van der Waals surface area contributed by atoms with Crippen LogP contribution in [0.5, 0.6) is 11.6 Å². The number of ether oxygens (including phenoxy) is 1. The van der Waals surface area contributed by atoms with Crippen LogP contribution in [0.4, 0.5) is 0 Å². The Morgan fingerprint density at radius 2 is 2.00 bits per heavy atom. The normalized spacial score (nSPS) is 10.1. The molecule has 0 unspecified atom stereocenters. The van der Waals surface area contributed by atoms with Crippen molar-refractivity contribution in [2.45, 2.75) is 13.8 Å². The third kappa shape index (κ3) is 2.82. The van der Waals surface area contributed by atoms with Gasteiger partial charge in [0, 0.05) is 23.0 Å². The molecular formula is C13H14N4O. The van der Waals surface area contributed by atoms with Crippen LogP contribution in [0.1, 0.15) is 17.0 Å². The quantitative estimate of drug-likeness (QED) is 0.638. The van der Waals surface area contributed by atoms with E-state index in [0.29, 0.717) is 17.2 Å². The Balaban J connectivity index is 2.28. The molecule has 2 aromatic rings. The van der Waals surface area contributed by atoms with E-state index in [9.17, 15) is 0 Å². The molecule has 0 fully saturated rings. The van der Waals surface area contributed by atoms with Crippen molar-refractivity contribution in [3.05, 3.63) is 47.4 Å². The van der Waals surface area contributed by atoms with Crippen molar-refractivity contribution in [2.24, 2.45) is 5.73 Å². The van der Waals surface area contributed by atoms with Crippen LogP contribution >= 0.6 is 0 Å². The van der Waals surface area contributed by atoms with E-state index in [1.807, 2.05) is 26.0 Å². The molecule has 92 valence electrons. The Labute approximate surface area is 105 Å². The third-order valence-corrected chi connectivity index (χ3v) is 2.35. The maximum absolute atomic E-state index is 7.42. The lowest BCUT2D eigenvalue weighted by molar-refractivity contribution is 0.459. The molecule has 5 nitrogen and oxygen atoms in total. The van der Waals surface area contributed by atoms with Crippen molar-refractivity contribution in [1.82, 2.24) is 9.97 Å². The van der Waals surface area contributed by atoms with Gasteiger partial charge in [-0.3, -0.25) is 10.4 Å². The molecule has 0 spiro atoms. The Hall–Kier alpha value is -2.43. The first-order chi connectivity index (χ1) is 8.54. The van der Waals surface area contributed by atoms with Gasteiger partial charge < -0.3 is 10.5 Å². The van der Waals surface area contributed by atoms with E-state index in [2.05, 4.69) is 9.97 Å². The lowest BCUT2D eigenvalue weighted by Gasteiger charge is -2.07. The van der Waals surface area contributed by atoms with Crippen LogP contribution < -0.4 is 10.5 Å². The number of aromatic nitrogens is 2. The second kappa shape index (κ2) is 4.83. The van der Waals surface area contributed by atoms with Gasteiger partial charge in [0.25, 0.3) is 0 Å². The van der Waals surface area contributed by atoms with Crippen LogP contribution in [0.25, 0.3) is 0 Å². The van der Waals surface area contributed by atoms with Gasteiger partial charge in [-0.15, -0.1) is 0 Å². The van der Waals surface area contributed by atoms with Crippen LogP contribution in [0.2, 0.25) is 0 Å².